The van der Waals surface area contributed by atoms with E-state index in [1.807, 2.05) is 83.4 Å². The highest BCUT2D eigenvalue weighted by atomic mass is 35.5. The van der Waals surface area contributed by atoms with Crippen molar-refractivity contribution in [2.75, 3.05) is 4.90 Å². The van der Waals surface area contributed by atoms with Crippen LogP contribution in [0.25, 0.3) is 0 Å². The van der Waals surface area contributed by atoms with Crippen LogP contribution in [0, 0.1) is 11.3 Å². The Hall–Kier alpha value is -4.31. The normalized spacial score (nSPS) is 10.6. The first-order chi connectivity index (χ1) is 18.1. The molecule has 182 valence electrons. The lowest BCUT2D eigenvalue weighted by atomic mass is 10.1. The molecule has 0 fully saturated rings. The van der Waals surface area contributed by atoms with Crippen molar-refractivity contribution in [3.63, 3.8) is 0 Å². The molecule has 0 radical (unpaired) electrons. The van der Waals surface area contributed by atoms with Crippen LogP contribution in [-0.4, -0.2) is 14.8 Å². The highest BCUT2D eigenvalue weighted by molar-refractivity contribution is 6.42. The Kier molecular flexibility index (Phi) is 7.36. The summed E-state index contributed by atoms with van der Waals surface area (Å²) in [6.45, 7) is 1.01. The Morgan fingerprint density at radius 2 is 1.51 bits per heavy atom. The summed E-state index contributed by atoms with van der Waals surface area (Å²) in [5.74, 6) is 2.26. The summed E-state index contributed by atoms with van der Waals surface area (Å²) >= 11 is 12.6. The third-order valence-corrected chi connectivity index (χ3v) is 6.51. The third-order valence-electron chi connectivity index (χ3n) is 5.77. The molecule has 4 aromatic carbocycles. The predicted octanol–water partition coefficient (Wildman–Crippen LogP) is 7.64. The molecular weight excluding hydrogens is 505 g/mol. The van der Waals surface area contributed by atoms with Crippen LogP contribution in [0.5, 0.6) is 11.5 Å². The number of nitrogens with zero attached hydrogens (tertiary/aromatic N) is 5. The van der Waals surface area contributed by atoms with Crippen LogP contribution in [0.1, 0.15) is 17.0 Å². The van der Waals surface area contributed by atoms with Crippen molar-refractivity contribution in [2.24, 2.45) is 0 Å². The molecular formula is C29H21Cl2N5O. The van der Waals surface area contributed by atoms with Crippen molar-refractivity contribution in [3.8, 4) is 17.6 Å². The smallest absolute Gasteiger partial charge is 0.153 e. The zero-order valence-electron chi connectivity index (χ0n) is 19.6. The highest BCUT2D eigenvalue weighted by Gasteiger charge is 2.16. The van der Waals surface area contributed by atoms with Crippen LogP contribution in [0.2, 0.25) is 10.0 Å². The summed E-state index contributed by atoms with van der Waals surface area (Å²) in [6, 6.07) is 32.6. The number of rotatable bonds is 8. The fourth-order valence-electron chi connectivity index (χ4n) is 3.86. The first kappa shape index (κ1) is 24.4. The lowest BCUT2D eigenvalue weighted by Gasteiger charge is -2.25. The molecule has 0 atom stereocenters. The average molecular weight is 526 g/mol. The van der Waals surface area contributed by atoms with Crippen LogP contribution < -0.4 is 9.64 Å². The van der Waals surface area contributed by atoms with Gasteiger partial charge in [-0.1, -0.05) is 53.5 Å². The van der Waals surface area contributed by atoms with Gasteiger partial charge in [-0.15, -0.1) is 10.2 Å². The van der Waals surface area contributed by atoms with E-state index in [2.05, 4.69) is 21.2 Å². The van der Waals surface area contributed by atoms with Gasteiger partial charge >= 0.3 is 0 Å². The Labute approximate surface area is 224 Å². The van der Waals surface area contributed by atoms with Crippen molar-refractivity contribution in [1.82, 2.24) is 14.8 Å². The van der Waals surface area contributed by atoms with Crippen molar-refractivity contribution < 1.29 is 4.74 Å². The Morgan fingerprint density at radius 1 is 0.811 bits per heavy atom. The maximum absolute atomic E-state index is 9.07. The number of halogens is 2. The second-order valence-electron chi connectivity index (χ2n) is 8.28. The number of anilines is 2. The van der Waals surface area contributed by atoms with E-state index in [4.69, 9.17) is 33.2 Å². The molecule has 0 bridgehead atoms. The van der Waals surface area contributed by atoms with Gasteiger partial charge in [-0.05, 0) is 72.3 Å². The number of hydrogen-bond acceptors (Lipinski definition) is 5. The fourth-order valence-corrected chi connectivity index (χ4v) is 4.15. The number of ether oxygens (including phenoxy) is 1. The molecule has 6 nitrogen and oxygen atoms in total. The molecule has 0 spiro atoms. The van der Waals surface area contributed by atoms with Gasteiger partial charge in [0.25, 0.3) is 0 Å². The van der Waals surface area contributed by atoms with Gasteiger partial charge in [-0.3, -0.25) is 0 Å². The average Bonchev–Trinajstić information content (AvgIpc) is 3.37. The lowest BCUT2D eigenvalue weighted by Crippen LogP contribution is -2.20. The molecule has 0 amide bonds. The molecule has 0 aliphatic heterocycles. The molecule has 37 heavy (non-hydrogen) atoms. The van der Waals surface area contributed by atoms with Crippen LogP contribution in [0.4, 0.5) is 11.4 Å². The van der Waals surface area contributed by atoms with E-state index in [-0.39, 0.29) is 0 Å². The summed E-state index contributed by atoms with van der Waals surface area (Å²) in [5, 5.41) is 18.6. The van der Waals surface area contributed by atoms with E-state index >= 15 is 0 Å². The minimum atomic E-state index is 0.438. The summed E-state index contributed by atoms with van der Waals surface area (Å²) in [6.07, 6.45) is 1.71. The van der Waals surface area contributed by atoms with Crippen LogP contribution in [0.3, 0.4) is 0 Å². The molecule has 0 N–H and O–H groups in total. The number of hydrogen-bond donors (Lipinski definition) is 0. The topological polar surface area (TPSA) is 67.0 Å². The molecule has 1 aromatic heterocycles. The van der Waals surface area contributed by atoms with Gasteiger partial charge in [-0.25, -0.2) is 0 Å². The van der Waals surface area contributed by atoms with Crippen LogP contribution in [-0.2, 0) is 13.1 Å². The number of nitriles is 1. The SMILES string of the molecule is N#Cc1ccc(Cn2cnnc2CN(c2ccc(Oc3ccccc3)cc2)c2ccc(Cl)c(Cl)c2)cc1. The molecule has 5 rings (SSSR count). The monoisotopic (exact) mass is 525 g/mol. The predicted molar refractivity (Wildman–Crippen MR) is 146 cm³/mol. The highest BCUT2D eigenvalue weighted by Crippen LogP contribution is 2.34. The van der Waals surface area contributed by atoms with Gasteiger partial charge < -0.3 is 14.2 Å². The zero-order chi connectivity index (χ0) is 25.6. The van der Waals surface area contributed by atoms with E-state index in [0.717, 1.165) is 34.3 Å². The quantitative estimate of drug-likeness (QED) is 0.208. The standard InChI is InChI=1S/C29H21Cl2N5O/c30-27-15-12-24(16-28(27)31)36(23-10-13-26(14-11-23)37-25-4-2-1-3-5-25)19-29-34-33-20-35(29)18-22-8-6-21(17-32)7-9-22/h1-16,20H,18-19H2. The van der Waals surface area contributed by atoms with Gasteiger partial charge in [0, 0.05) is 11.4 Å². The van der Waals surface area contributed by atoms with E-state index in [1.165, 1.54) is 0 Å². The van der Waals surface area contributed by atoms with Gasteiger partial charge in [0.05, 0.1) is 34.8 Å². The Morgan fingerprint density at radius 3 is 2.22 bits per heavy atom. The second-order valence-corrected chi connectivity index (χ2v) is 9.09. The Balaban J connectivity index is 1.43. The van der Waals surface area contributed by atoms with Gasteiger partial charge in [0.1, 0.15) is 17.8 Å². The molecule has 1 heterocycles. The van der Waals surface area contributed by atoms with E-state index in [9.17, 15) is 0 Å². The molecule has 0 saturated carbocycles. The number of para-hydroxylation sites is 1. The molecule has 0 unspecified atom stereocenters. The minimum Gasteiger partial charge on any atom is -0.457 e. The van der Waals surface area contributed by atoms with Crippen molar-refractivity contribution in [3.05, 3.63) is 130 Å². The van der Waals surface area contributed by atoms with Crippen LogP contribution >= 0.6 is 23.2 Å². The first-order valence-corrected chi connectivity index (χ1v) is 12.3. The molecule has 5 aromatic rings. The molecule has 8 heteroatoms. The first-order valence-electron chi connectivity index (χ1n) is 11.5. The fraction of sp³-hybridized carbons (Fsp3) is 0.0690. The second kappa shape index (κ2) is 11.2. The Bertz CT molecular complexity index is 1530. The number of aromatic nitrogens is 3. The number of benzene rings is 4. The van der Waals surface area contributed by atoms with Crippen molar-refractivity contribution >= 4 is 34.6 Å². The summed E-state index contributed by atoms with van der Waals surface area (Å²) in [5.41, 5.74) is 3.45. The molecule has 0 aliphatic rings. The third kappa shape index (κ3) is 5.92. The maximum atomic E-state index is 9.07. The van der Waals surface area contributed by atoms with E-state index in [1.54, 1.807) is 24.5 Å². The summed E-state index contributed by atoms with van der Waals surface area (Å²) < 4.78 is 7.94. The minimum absolute atomic E-state index is 0.438. The molecule has 0 aliphatic carbocycles. The maximum Gasteiger partial charge on any atom is 0.153 e. The molecule has 0 saturated heterocycles. The van der Waals surface area contributed by atoms with Gasteiger partial charge in [0.2, 0.25) is 0 Å². The van der Waals surface area contributed by atoms with Gasteiger partial charge in [-0.2, -0.15) is 5.26 Å². The largest absolute Gasteiger partial charge is 0.457 e. The van der Waals surface area contributed by atoms with E-state index < -0.39 is 0 Å². The van der Waals surface area contributed by atoms with Crippen LogP contribution in [0.15, 0.2) is 103 Å². The van der Waals surface area contributed by atoms with Gasteiger partial charge in [0.15, 0.2) is 5.82 Å². The van der Waals surface area contributed by atoms with Crippen molar-refractivity contribution in [2.45, 2.75) is 13.1 Å². The lowest BCUT2D eigenvalue weighted by molar-refractivity contribution is 0.482. The summed E-state index contributed by atoms with van der Waals surface area (Å²) in [7, 11) is 0. The van der Waals surface area contributed by atoms with Crippen molar-refractivity contribution in [1.29, 1.82) is 5.26 Å². The van der Waals surface area contributed by atoms with E-state index in [0.29, 0.717) is 28.7 Å². The zero-order valence-corrected chi connectivity index (χ0v) is 21.1. The summed E-state index contributed by atoms with van der Waals surface area (Å²) in [4.78, 5) is 2.09.